The Labute approximate surface area is 207 Å². The molecule has 1 aromatic carbocycles. The third-order valence-electron chi connectivity index (χ3n) is 6.13. The van der Waals surface area contributed by atoms with Gasteiger partial charge in [-0.2, -0.15) is 0 Å². The van der Waals surface area contributed by atoms with Gasteiger partial charge in [-0.1, -0.05) is 12.1 Å². The first-order chi connectivity index (χ1) is 16.8. The predicted octanol–water partition coefficient (Wildman–Crippen LogP) is 2.11. The second-order valence-corrected chi connectivity index (χ2v) is 11.2. The summed E-state index contributed by atoms with van der Waals surface area (Å²) in [5, 5.41) is 5.18. The van der Waals surface area contributed by atoms with Gasteiger partial charge < -0.3 is 19.9 Å². The number of likely N-dealkylation sites (tertiary alicyclic amines) is 1. The van der Waals surface area contributed by atoms with Crippen LogP contribution in [-0.2, 0) is 19.6 Å². The number of amides is 2. The highest BCUT2D eigenvalue weighted by Crippen LogP contribution is 2.29. The first-order valence-corrected chi connectivity index (χ1v) is 13.9. The zero-order chi connectivity index (χ0) is 24.6. The molecule has 2 aromatic heterocycles. The number of morpholine rings is 1. The summed E-state index contributed by atoms with van der Waals surface area (Å²) in [6, 6.07) is 8.94. The van der Waals surface area contributed by atoms with Crippen molar-refractivity contribution in [2.45, 2.75) is 12.5 Å². The van der Waals surface area contributed by atoms with Crippen molar-refractivity contribution in [2.75, 3.05) is 49.3 Å². The summed E-state index contributed by atoms with van der Waals surface area (Å²) in [4.78, 5) is 33.9. The number of anilines is 2. The zero-order valence-electron chi connectivity index (χ0n) is 19.1. The Morgan fingerprint density at radius 3 is 2.66 bits per heavy atom. The van der Waals surface area contributed by atoms with Gasteiger partial charge in [0.1, 0.15) is 6.04 Å². The number of nitrogens with one attached hydrogen (secondary N) is 1. The van der Waals surface area contributed by atoms with Crippen LogP contribution >= 0.6 is 11.3 Å². The molecule has 2 amide bonds. The Bertz CT molecular complexity index is 1360. The molecule has 5 rings (SSSR count). The molecule has 0 bridgehead atoms. The van der Waals surface area contributed by atoms with E-state index in [9.17, 15) is 18.0 Å². The number of hydrogen-bond acceptors (Lipinski definition) is 8. The quantitative estimate of drug-likeness (QED) is 0.535. The average molecular weight is 516 g/mol. The number of nitrogens with zero attached hydrogens (tertiary/aromatic N) is 4. The fraction of sp³-hybridized carbons (Fsp3) is 0.348. The van der Waals surface area contributed by atoms with E-state index < -0.39 is 16.1 Å². The molecule has 0 unspecified atom stereocenters. The molecule has 3 aromatic rings. The highest BCUT2D eigenvalue weighted by Gasteiger charge is 2.38. The smallest absolute Gasteiger partial charge is 0.256 e. The van der Waals surface area contributed by atoms with E-state index in [2.05, 4.69) is 27.3 Å². The van der Waals surface area contributed by atoms with Crippen LogP contribution in [0.1, 0.15) is 16.8 Å². The van der Waals surface area contributed by atoms with E-state index in [-0.39, 0.29) is 17.4 Å². The van der Waals surface area contributed by atoms with Gasteiger partial charge in [-0.25, -0.2) is 13.4 Å². The molecule has 4 heterocycles. The molecule has 12 heteroatoms. The summed E-state index contributed by atoms with van der Waals surface area (Å²) in [6.07, 6.45) is 4.18. The van der Waals surface area contributed by atoms with Crippen LogP contribution in [0.5, 0.6) is 0 Å². The van der Waals surface area contributed by atoms with Crippen LogP contribution in [0.3, 0.4) is 0 Å². The number of carbonyl (C=O) groups excluding carboxylic acids is 2. The maximum atomic E-state index is 12.9. The molecule has 1 atom stereocenters. The molecule has 10 nitrogen and oxygen atoms in total. The first kappa shape index (κ1) is 23.5. The van der Waals surface area contributed by atoms with Crippen molar-refractivity contribution < 1.29 is 22.7 Å². The minimum absolute atomic E-state index is 0.226. The fourth-order valence-corrected chi connectivity index (χ4v) is 5.42. The SMILES string of the molecule is CS(=O)(=O)n1ccc(C(=O)N2CC[C@H]2C(=O)Nc2nc(-c3cccc(N4CCOCC4)c3)cs2)c1. The van der Waals surface area contributed by atoms with Crippen LogP contribution < -0.4 is 10.2 Å². The van der Waals surface area contributed by atoms with Crippen LogP contribution in [0, 0.1) is 0 Å². The number of aromatic nitrogens is 2. The van der Waals surface area contributed by atoms with E-state index in [4.69, 9.17) is 4.74 Å². The highest BCUT2D eigenvalue weighted by molar-refractivity contribution is 7.89. The number of benzene rings is 1. The van der Waals surface area contributed by atoms with Crippen molar-refractivity contribution in [1.29, 1.82) is 0 Å². The third kappa shape index (κ3) is 4.95. The molecule has 184 valence electrons. The average Bonchev–Trinajstić information content (AvgIpc) is 3.49. The summed E-state index contributed by atoms with van der Waals surface area (Å²) in [5.41, 5.74) is 3.06. The lowest BCUT2D eigenvalue weighted by Crippen LogP contribution is -2.56. The Balaban J connectivity index is 1.24. The molecule has 2 aliphatic heterocycles. The number of rotatable bonds is 6. The number of carbonyl (C=O) groups is 2. The molecule has 0 saturated carbocycles. The van der Waals surface area contributed by atoms with Crippen LogP contribution in [0.2, 0.25) is 0 Å². The second-order valence-electron chi connectivity index (χ2n) is 8.47. The maximum Gasteiger partial charge on any atom is 0.256 e. The van der Waals surface area contributed by atoms with Crippen LogP contribution in [0.4, 0.5) is 10.8 Å². The molecule has 0 aliphatic carbocycles. The van der Waals surface area contributed by atoms with Gasteiger partial charge in [0.05, 0.1) is 30.7 Å². The van der Waals surface area contributed by atoms with Gasteiger partial charge in [-0.3, -0.25) is 13.6 Å². The molecule has 2 saturated heterocycles. The monoisotopic (exact) mass is 515 g/mol. The molecule has 0 spiro atoms. The molecule has 35 heavy (non-hydrogen) atoms. The van der Waals surface area contributed by atoms with Crippen LogP contribution in [0.25, 0.3) is 11.3 Å². The predicted molar refractivity (Wildman–Crippen MR) is 133 cm³/mol. The lowest BCUT2D eigenvalue weighted by atomic mass is 10.0. The summed E-state index contributed by atoms with van der Waals surface area (Å²) >= 11 is 1.33. The van der Waals surface area contributed by atoms with Crippen molar-refractivity contribution in [3.8, 4) is 11.3 Å². The van der Waals surface area contributed by atoms with E-state index in [1.807, 2.05) is 17.5 Å². The van der Waals surface area contributed by atoms with E-state index >= 15 is 0 Å². The van der Waals surface area contributed by atoms with Gasteiger partial charge in [0.2, 0.25) is 15.9 Å². The zero-order valence-corrected chi connectivity index (χ0v) is 20.7. The summed E-state index contributed by atoms with van der Waals surface area (Å²) in [7, 11) is -3.48. The van der Waals surface area contributed by atoms with E-state index in [0.29, 0.717) is 31.3 Å². The Hall–Kier alpha value is -3.22. The van der Waals surface area contributed by atoms with Gasteiger partial charge >= 0.3 is 0 Å². The first-order valence-electron chi connectivity index (χ1n) is 11.2. The molecule has 2 aliphatic rings. The minimum Gasteiger partial charge on any atom is -0.378 e. The Morgan fingerprint density at radius 1 is 1.17 bits per heavy atom. The van der Waals surface area contributed by atoms with Gasteiger partial charge in [-0.15, -0.1) is 11.3 Å². The van der Waals surface area contributed by atoms with Gasteiger partial charge in [0, 0.05) is 48.7 Å². The lowest BCUT2D eigenvalue weighted by Gasteiger charge is -2.39. The normalized spacial score (nSPS) is 18.3. The van der Waals surface area contributed by atoms with Crippen LogP contribution in [0.15, 0.2) is 48.1 Å². The van der Waals surface area contributed by atoms with Gasteiger partial charge in [-0.05, 0) is 24.6 Å². The summed E-state index contributed by atoms with van der Waals surface area (Å²) < 4.78 is 29.7. The molecular weight excluding hydrogens is 490 g/mol. The Morgan fingerprint density at radius 2 is 1.97 bits per heavy atom. The lowest BCUT2D eigenvalue weighted by molar-refractivity contribution is -0.123. The largest absolute Gasteiger partial charge is 0.378 e. The minimum atomic E-state index is -3.48. The standard InChI is InChI=1S/C23H25N5O5S2/c1-35(31,32)27-7-5-17(14-27)22(30)28-8-6-20(28)21(29)25-23-24-19(15-34-23)16-3-2-4-18(13-16)26-9-11-33-12-10-26/h2-5,7,13-15,20H,6,8-12H2,1H3,(H,24,25,29)/t20-/m0/s1. The third-order valence-corrected chi connectivity index (χ3v) is 7.88. The van der Waals surface area contributed by atoms with Crippen molar-refractivity contribution in [3.63, 3.8) is 0 Å². The summed E-state index contributed by atoms with van der Waals surface area (Å²) in [6.45, 7) is 3.54. The van der Waals surface area contributed by atoms with Gasteiger partial charge in [0.25, 0.3) is 5.91 Å². The second kappa shape index (κ2) is 9.44. The van der Waals surface area contributed by atoms with Gasteiger partial charge in [0.15, 0.2) is 5.13 Å². The van der Waals surface area contributed by atoms with E-state index in [1.165, 1.54) is 34.7 Å². The maximum absolute atomic E-state index is 12.9. The number of hydrogen-bond donors (Lipinski definition) is 1. The molecule has 0 radical (unpaired) electrons. The van der Waals surface area contributed by atoms with Crippen molar-refractivity contribution in [1.82, 2.24) is 13.9 Å². The Kier molecular flexibility index (Phi) is 6.34. The summed E-state index contributed by atoms with van der Waals surface area (Å²) in [5.74, 6) is -0.686. The topological polar surface area (TPSA) is 114 Å². The van der Waals surface area contributed by atoms with Crippen molar-refractivity contribution in [2.24, 2.45) is 0 Å². The molecular formula is C23H25N5O5S2. The van der Waals surface area contributed by atoms with E-state index in [0.717, 1.165) is 40.3 Å². The van der Waals surface area contributed by atoms with Crippen molar-refractivity contribution in [3.05, 3.63) is 53.7 Å². The highest BCUT2D eigenvalue weighted by atomic mass is 32.2. The molecule has 1 N–H and O–H groups in total. The van der Waals surface area contributed by atoms with Crippen molar-refractivity contribution >= 4 is 44.0 Å². The van der Waals surface area contributed by atoms with Crippen LogP contribution in [-0.4, -0.2) is 79.2 Å². The number of ether oxygens (including phenoxy) is 1. The fourth-order valence-electron chi connectivity index (χ4n) is 4.11. The number of thiazole rings is 1. The van der Waals surface area contributed by atoms with E-state index in [1.54, 1.807) is 0 Å². The molecule has 2 fully saturated rings.